The van der Waals surface area contributed by atoms with E-state index in [0.29, 0.717) is 11.7 Å². The van der Waals surface area contributed by atoms with Gasteiger partial charge in [-0.2, -0.15) is 0 Å². The smallest absolute Gasteiger partial charge is 0.329 e. The van der Waals surface area contributed by atoms with Crippen LogP contribution in [0.2, 0.25) is 0 Å². The molecular formula is C16H19N3O3. The first kappa shape index (κ1) is 14.4. The van der Waals surface area contributed by atoms with Crippen molar-refractivity contribution in [2.24, 2.45) is 13.0 Å². The Hall–Kier alpha value is -2.50. The molecular weight excluding hydrogens is 282 g/mol. The standard InChI is InChI=1S/C16H19N3O3/c1-18-15(21)9-14(17-16(18)22)19-6-5-12(10-19)7-11-3-2-4-13(20)8-11/h2-4,8-9,12,20H,5-7,10H2,1H3,(H,17,22). The van der Waals surface area contributed by atoms with Crippen LogP contribution in [0.4, 0.5) is 5.82 Å². The van der Waals surface area contributed by atoms with E-state index < -0.39 is 0 Å². The third-order valence-electron chi connectivity index (χ3n) is 4.19. The summed E-state index contributed by atoms with van der Waals surface area (Å²) in [6.07, 6.45) is 1.87. The lowest BCUT2D eigenvalue weighted by atomic mass is 9.99. The van der Waals surface area contributed by atoms with Gasteiger partial charge < -0.3 is 10.0 Å². The molecule has 2 aromatic rings. The average Bonchev–Trinajstić information content (AvgIpc) is 2.93. The van der Waals surface area contributed by atoms with Crippen molar-refractivity contribution in [1.82, 2.24) is 9.55 Å². The van der Waals surface area contributed by atoms with Crippen LogP contribution in [0.3, 0.4) is 0 Å². The van der Waals surface area contributed by atoms with Gasteiger partial charge in [0.25, 0.3) is 5.56 Å². The van der Waals surface area contributed by atoms with Gasteiger partial charge in [0.05, 0.1) is 0 Å². The van der Waals surface area contributed by atoms with E-state index in [1.165, 1.54) is 13.1 Å². The number of hydrogen-bond acceptors (Lipinski definition) is 4. The maximum atomic E-state index is 11.7. The Bertz CT molecular complexity index is 762. The summed E-state index contributed by atoms with van der Waals surface area (Å²) in [5.74, 6) is 1.31. The van der Waals surface area contributed by atoms with Crippen LogP contribution in [0.5, 0.6) is 5.75 Å². The lowest BCUT2D eigenvalue weighted by Crippen LogP contribution is -2.35. The predicted octanol–water partition coefficient (Wildman–Crippen LogP) is 0.848. The number of aromatic hydroxyl groups is 1. The van der Waals surface area contributed by atoms with Crippen LogP contribution in [0.1, 0.15) is 12.0 Å². The molecule has 1 unspecified atom stereocenters. The topological polar surface area (TPSA) is 78.3 Å². The molecule has 2 heterocycles. The van der Waals surface area contributed by atoms with E-state index >= 15 is 0 Å². The molecule has 1 aromatic heterocycles. The normalized spacial score (nSPS) is 17.9. The Labute approximate surface area is 127 Å². The molecule has 6 nitrogen and oxygen atoms in total. The molecule has 22 heavy (non-hydrogen) atoms. The summed E-state index contributed by atoms with van der Waals surface area (Å²) in [6, 6.07) is 8.76. The molecule has 1 aromatic carbocycles. The molecule has 6 heteroatoms. The fourth-order valence-corrected chi connectivity index (χ4v) is 2.95. The first-order valence-electron chi connectivity index (χ1n) is 7.36. The summed E-state index contributed by atoms with van der Waals surface area (Å²) in [4.78, 5) is 28.2. The number of hydrogen-bond donors (Lipinski definition) is 2. The van der Waals surface area contributed by atoms with Crippen molar-refractivity contribution in [1.29, 1.82) is 0 Å². The molecule has 0 radical (unpaired) electrons. The number of anilines is 1. The van der Waals surface area contributed by atoms with E-state index in [4.69, 9.17) is 0 Å². The molecule has 1 aliphatic rings. The second-order valence-corrected chi connectivity index (χ2v) is 5.83. The van der Waals surface area contributed by atoms with E-state index in [1.807, 2.05) is 17.0 Å². The Morgan fingerprint density at radius 2 is 2.14 bits per heavy atom. The van der Waals surface area contributed by atoms with E-state index in [9.17, 15) is 14.7 Å². The highest BCUT2D eigenvalue weighted by Crippen LogP contribution is 2.24. The van der Waals surface area contributed by atoms with Crippen molar-refractivity contribution in [3.05, 3.63) is 56.7 Å². The molecule has 0 aliphatic carbocycles. The second-order valence-electron chi connectivity index (χ2n) is 5.83. The maximum Gasteiger partial charge on any atom is 0.329 e. The molecule has 116 valence electrons. The molecule has 1 fully saturated rings. The van der Waals surface area contributed by atoms with Gasteiger partial charge in [0.2, 0.25) is 0 Å². The number of phenols is 1. The van der Waals surface area contributed by atoms with E-state index in [-0.39, 0.29) is 17.0 Å². The lowest BCUT2D eigenvalue weighted by molar-refractivity contribution is 0.473. The summed E-state index contributed by atoms with van der Waals surface area (Å²) >= 11 is 0. The Morgan fingerprint density at radius 1 is 1.32 bits per heavy atom. The quantitative estimate of drug-likeness (QED) is 0.881. The third-order valence-corrected chi connectivity index (χ3v) is 4.19. The van der Waals surface area contributed by atoms with Gasteiger partial charge >= 0.3 is 5.69 Å². The van der Waals surface area contributed by atoms with Crippen LogP contribution in [-0.4, -0.2) is 27.7 Å². The molecule has 0 amide bonds. The van der Waals surface area contributed by atoms with Crippen molar-refractivity contribution < 1.29 is 5.11 Å². The van der Waals surface area contributed by atoms with E-state index in [1.54, 1.807) is 12.1 Å². The molecule has 2 N–H and O–H groups in total. The summed E-state index contributed by atoms with van der Waals surface area (Å²) in [5.41, 5.74) is 0.415. The highest BCUT2D eigenvalue weighted by atomic mass is 16.3. The van der Waals surface area contributed by atoms with Crippen LogP contribution in [0.25, 0.3) is 0 Å². The summed E-state index contributed by atoms with van der Waals surface area (Å²) in [6.45, 7) is 1.60. The molecule has 0 spiro atoms. The maximum absolute atomic E-state index is 11.7. The van der Waals surface area contributed by atoms with Gasteiger partial charge in [-0.15, -0.1) is 0 Å². The minimum Gasteiger partial charge on any atom is -0.508 e. The van der Waals surface area contributed by atoms with Gasteiger partial charge in [-0.05, 0) is 36.5 Å². The van der Waals surface area contributed by atoms with E-state index in [2.05, 4.69) is 4.98 Å². The van der Waals surface area contributed by atoms with Crippen molar-refractivity contribution >= 4 is 5.82 Å². The molecule has 0 saturated carbocycles. The first-order valence-corrected chi connectivity index (χ1v) is 7.36. The Morgan fingerprint density at radius 3 is 2.86 bits per heavy atom. The Balaban J connectivity index is 1.72. The second kappa shape index (κ2) is 5.71. The van der Waals surface area contributed by atoms with E-state index in [0.717, 1.165) is 36.1 Å². The highest BCUT2D eigenvalue weighted by molar-refractivity contribution is 5.38. The number of phenolic OH excluding ortho intramolecular Hbond substituents is 1. The molecule has 1 aliphatic heterocycles. The number of aromatic nitrogens is 2. The zero-order valence-electron chi connectivity index (χ0n) is 12.5. The van der Waals surface area contributed by atoms with Crippen molar-refractivity contribution in [3.63, 3.8) is 0 Å². The monoisotopic (exact) mass is 301 g/mol. The SMILES string of the molecule is Cn1c(=O)cc(N2CCC(Cc3cccc(O)c3)C2)[nH]c1=O. The number of H-pyrrole nitrogens is 1. The minimum absolute atomic E-state index is 0.281. The summed E-state index contributed by atoms with van der Waals surface area (Å²) in [5, 5.41) is 9.52. The summed E-state index contributed by atoms with van der Waals surface area (Å²) in [7, 11) is 1.46. The number of rotatable bonds is 3. The highest BCUT2D eigenvalue weighted by Gasteiger charge is 2.24. The van der Waals surface area contributed by atoms with Crippen molar-refractivity contribution in [2.75, 3.05) is 18.0 Å². The van der Waals surface area contributed by atoms with Gasteiger partial charge in [-0.1, -0.05) is 12.1 Å². The van der Waals surface area contributed by atoms with Crippen LogP contribution in [0, 0.1) is 5.92 Å². The van der Waals surface area contributed by atoms with Crippen LogP contribution < -0.4 is 16.1 Å². The first-order chi connectivity index (χ1) is 10.5. The van der Waals surface area contributed by atoms with Crippen LogP contribution in [0.15, 0.2) is 39.9 Å². The molecule has 0 bridgehead atoms. The zero-order chi connectivity index (χ0) is 15.7. The van der Waals surface area contributed by atoms with Gasteiger partial charge in [0.1, 0.15) is 11.6 Å². The van der Waals surface area contributed by atoms with Crippen LogP contribution in [-0.2, 0) is 13.5 Å². The number of aromatic amines is 1. The van der Waals surface area contributed by atoms with Gasteiger partial charge in [0, 0.05) is 26.2 Å². The predicted molar refractivity (Wildman–Crippen MR) is 84.4 cm³/mol. The fourth-order valence-electron chi connectivity index (χ4n) is 2.95. The number of nitrogens with one attached hydrogen (secondary N) is 1. The fraction of sp³-hybridized carbons (Fsp3) is 0.375. The lowest BCUT2D eigenvalue weighted by Gasteiger charge is -2.18. The molecule has 1 atom stereocenters. The Kier molecular flexibility index (Phi) is 3.75. The van der Waals surface area contributed by atoms with Crippen molar-refractivity contribution in [2.45, 2.75) is 12.8 Å². The molecule has 3 rings (SSSR count). The number of benzene rings is 1. The van der Waals surface area contributed by atoms with Gasteiger partial charge in [-0.25, -0.2) is 4.79 Å². The largest absolute Gasteiger partial charge is 0.508 e. The average molecular weight is 301 g/mol. The summed E-state index contributed by atoms with van der Waals surface area (Å²) < 4.78 is 1.06. The van der Waals surface area contributed by atoms with Crippen molar-refractivity contribution in [3.8, 4) is 5.75 Å². The van der Waals surface area contributed by atoms with Crippen LogP contribution >= 0.6 is 0 Å². The minimum atomic E-state index is -0.390. The van der Waals surface area contributed by atoms with Gasteiger partial charge in [0.15, 0.2) is 0 Å². The van der Waals surface area contributed by atoms with Gasteiger partial charge in [-0.3, -0.25) is 14.3 Å². The number of nitrogens with zero attached hydrogens (tertiary/aromatic N) is 2. The zero-order valence-corrected chi connectivity index (χ0v) is 12.5. The molecule has 1 saturated heterocycles. The third kappa shape index (κ3) is 2.90.